The molecule has 2 rings (SSSR count). The van der Waals surface area contributed by atoms with Crippen LogP contribution in [0, 0.1) is 6.92 Å². The number of rotatable bonds is 5. The van der Waals surface area contributed by atoms with Crippen LogP contribution in [0.2, 0.25) is 0 Å². The van der Waals surface area contributed by atoms with Gasteiger partial charge in [0.2, 0.25) is 0 Å². The number of hydrogen-bond donors (Lipinski definition) is 0. The summed E-state index contributed by atoms with van der Waals surface area (Å²) < 4.78 is 5.68. The number of benzene rings is 2. The number of Topliss-reactive ketones (excluding diaryl/α,β-unsaturated/α-hetero) is 1. The minimum atomic E-state index is -1.06. The molecule has 3 nitrogen and oxygen atoms in total. The predicted molar refractivity (Wildman–Crippen MR) is 72.6 cm³/mol. The Hall–Kier alpha value is -1.69. The number of hydrogen-bond acceptors (Lipinski definition) is 3. The first-order chi connectivity index (χ1) is 9.58. The van der Waals surface area contributed by atoms with E-state index in [0.717, 1.165) is 5.56 Å². The second-order valence-corrected chi connectivity index (χ2v) is 6.19. The van der Waals surface area contributed by atoms with Crippen molar-refractivity contribution >= 4 is 9.57 Å². The summed E-state index contributed by atoms with van der Waals surface area (Å²) in [4.78, 5) is 23.2. The fourth-order valence-electron chi connectivity index (χ4n) is 1.65. The Kier molecular flexibility index (Phi) is 4.89. The monoisotopic (exact) mass is 381 g/mol. The Morgan fingerprint density at radius 2 is 1.70 bits per heavy atom. The van der Waals surface area contributed by atoms with Crippen molar-refractivity contribution in [1.29, 1.82) is 0 Å². The Balaban J connectivity index is 2.04. The Morgan fingerprint density at radius 1 is 1.00 bits per heavy atom. The zero-order valence-corrected chi connectivity index (χ0v) is 13.4. The van der Waals surface area contributed by atoms with Gasteiger partial charge in [0.25, 0.3) is 0 Å². The van der Waals surface area contributed by atoms with Gasteiger partial charge in [-0.05, 0) is 0 Å². The summed E-state index contributed by atoms with van der Waals surface area (Å²) in [6.07, 6.45) is 0. The van der Waals surface area contributed by atoms with Crippen LogP contribution in [0.1, 0.15) is 33.2 Å². The molecule has 0 aromatic heterocycles. The van der Waals surface area contributed by atoms with Gasteiger partial charge in [-0.2, -0.15) is 0 Å². The van der Waals surface area contributed by atoms with Gasteiger partial charge in [-0.25, -0.2) is 0 Å². The van der Waals surface area contributed by atoms with E-state index in [9.17, 15) is 9.59 Å². The van der Waals surface area contributed by atoms with Crippen molar-refractivity contribution in [3.63, 3.8) is 0 Å². The first-order valence-electron chi connectivity index (χ1n) is 6.10. The van der Waals surface area contributed by atoms with Gasteiger partial charge < -0.3 is 0 Å². The molecule has 0 amide bonds. The van der Waals surface area contributed by atoms with Crippen LogP contribution in [0.3, 0.4) is 0 Å². The molecule has 0 unspecified atom stereocenters. The summed E-state index contributed by atoms with van der Waals surface area (Å²) >= 11 is -1.06. The van der Waals surface area contributed by atoms with Crippen LogP contribution in [0.15, 0.2) is 48.5 Å². The number of carbonyl (C=O) groups is 2. The SMILES string of the molecule is CC(=O)c1ccc(O[I-]C(=O)c2ccccc2)c(C)c1. The van der Waals surface area contributed by atoms with Crippen LogP contribution in [-0.2, 0) is 0 Å². The molecule has 104 valence electrons. The van der Waals surface area contributed by atoms with E-state index in [1.807, 2.05) is 25.1 Å². The Morgan fingerprint density at radius 3 is 2.30 bits per heavy atom. The topological polar surface area (TPSA) is 43.4 Å². The van der Waals surface area contributed by atoms with Crippen molar-refractivity contribution in [2.45, 2.75) is 13.8 Å². The van der Waals surface area contributed by atoms with Crippen LogP contribution in [0.25, 0.3) is 0 Å². The number of aryl methyl sites for hydroxylation is 1. The van der Waals surface area contributed by atoms with E-state index in [4.69, 9.17) is 3.07 Å². The van der Waals surface area contributed by atoms with E-state index >= 15 is 0 Å². The van der Waals surface area contributed by atoms with Gasteiger partial charge in [-0.3, -0.25) is 0 Å². The van der Waals surface area contributed by atoms with Crippen molar-refractivity contribution in [3.8, 4) is 5.75 Å². The van der Waals surface area contributed by atoms with E-state index in [1.54, 1.807) is 30.3 Å². The van der Waals surface area contributed by atoms with Crippen molar-refractivity contribution in [2.75, 3.05) is 0 Å². The molecule has 0 aliphatic rings. The van der Waals surface area contributed by atoms with Crippen molar-refractivity contribution in [2.24, 2.45) is 0 Å². The van der Waals surface area contributed by atoms with Gasteiger partial charge >= 0.3 is 129 Å². The molecule has 0 heterocycles. The molecule has 0 spiro atoms. The van der Waals surface area contributed by atoms with E-state index in [-0.39, 0.29) is 9.57 Å². The van der Waals surface area contributed by atoms with E-state index in [0.29, 0.717) is 16.9 Å². The van der Waals surface area contributed by atoms with E-state index in [1.165, 1.54) is 6.92 Å². The second kappa shape index (κ2) is 6.65. The molecule has 0 saturated carbocycles. The molecule has 0 saturated heterocycles. The van der Waals surface area contributed by atoms with Crippen LogP contribution in [0.4, 0.5) is 0 Å². The molecule has 0 radical (unpaired) electrons. The zero-order valence-electron chi connectivity index (χ0n) is 11.2. The predicted octanol–water partition coefficient (Wildman–Crippen LogP) is 0.421. The van der Waals surface area contributed by atoms with Gasteiger partial charge in [0.1, 0.15) is 0 Å². The molecule has 2 aromatic carbocycles. The third kappa shape index (κ3) is 3.66. The third-order valence-corrected chi connectivity index (χ3v) is 4.49. The van der Waals surface area contributed by atoms with Crippen molar-refractivity contribution in [1.82, 2.24) is 0 Å². The summed E-state index contributed by atoms with van der Waals surface area (Å²) in [7, 11) is 0. The summed E-state index contributed by atoms with van der Waals surface area (Å²) in [5, 5.41) is 0. The average Bonchev–Trinajstić information content (AvgIpc) is 2.46. The maximum absolute atomic E-state index is 12.0. The standard InChI is InChI=1S/C16H14IO3/c1-11-10-14(12(2)18)8-9-15(11)20-17-16(19)13-6-4-3-5-7-13/h3-10H,1-2H3/q-1. The number of ketones is 1. The summed E-state index contributed by atoms with van der Waals surface area (Å²) in [6, 6.07) is 14.4. The zero-order chi connectivity index (χ0) is 14.5. The molecular formula is C16H14IO3-. The van der Waals surface area contributed by atoms with Gasteiger partial charge in [-0.15, -0.1) is 0 Å². The van der Waals surface area contributed by atoms with Crippen molar-refractivity contribution < 1.29 is 34.3 Å². The first kappa shape index (κ1) is 14.7. The Bertz CT molecular complexity index is 635. The average molecular weight is 381 g/mol. The van der Waals surface area contributed by atoms with Gasteiger partial charge in [0.15, 0.2) is 0 Å². The summed E-state index contributed by atoms with van der Waals surface area (Å²) in [5.74, 6) is 0.696. The fourth-order valence-corrected chi connectivity index (χ4v) is 3.19. The number of halogens is 1. The minimum absolute atomic E-state index is 0.0229. The maximum atomic E-state index is 12.0. The second-order valence-electron chi connectivity index (χ2n) is 4.33. The quantitative estimate of drug-likeness (QED) is 0.429. The molecule has 20 heavy (non-hydrogen) atoms. The summed E-state index contributed by atoms with van der Waals surface area (Å²) in [5.41, 5.74) is 2.21. The van der Waals surface area contributed by atoms with Crippen LogP contribution in [0.5, 0.6) is 5.75 Å². The fraction of sp³-hybridized carbons (Fsp3) is 0.125. The van der Waals surface area contributed by atoms with Crippen molar-refractivity contribution in [3.05, 3.63) is 65.2 Å². The normalized spacial score (nSPS) is 10.3. The van der Waals surface area contributed by atoms with Gasteiger partial charge in [0, 0.05) is 0 Å². The van der Waals surface area contributed by atoms with Gasteiger partial charge in [0.05, 0.1) is 0 Å². The Labute approximate surface area is 128 Å². The number of carbonyl (C=O) groups excluding carboxylic acids is 2. The molecule has 0 aliphatic carbocycles. The summed E-state index contributed by atoms with van der Waals surface area (Å²) in [6.45, 7) is 3.40. The molecule has 0 N–H and O–H groups in total. The third-order valence-electron chi connectivity index (χ3n) is 2.77. The molecule has 2 aromatic rings. The molecular weight excluding hydrogens is 367 g/mol. The molecule has 0 aliphatic heterocycles. The van der Waals surface area contributed by atoms with Gasteiger partial charge in [-0.1, -0.05) is 0 Å². The van der Waals surface area contributed by atoms with E-state index < -0.39 is 21.6 Å². The molecule has 4 heteroatoms. The molecule has 0 atom stereocenters. The van der Waals surface area contributed by atoms with E-state index in [2.05, 4.69) is 0 Å². The van der Waals surface area contributed by atoms with Crippen LogP contribution >= 0.6 is 0 Å². The molecule has 0 bridgehead atoms. The van der Waals surface area contributed by atoms with Crippen LogP contribution < -0.4 is 24.7 Å². The van der Waals surface area contributed by atoms with Crippen LogP contribution in [-0.4, -0.2) is 9.57 Å². The first-order valence-corrected chi connectivity index (χ1v) is 8.06. The molecule has 0 fully saturated rings.